The summed E-state index contributed by atoms with van der Waals surface area (Å²) in [4.78, 5) is 3.96. The van der Waals surface area contributed by atoms with Crippen molar-refractivity contribution in [3.63, 3.8) is 0 Å². The maximum Gasteiger partial charge on any atom is 0.0703 e. The molecule has 3 nitrogen and oxygen atoms in total. The molecule has 4 heteroatoms. The van der Waals surface area contributed by atoms with E-state index in [2.05, 4.69) is 29.3 Å². The molecule has 23 heavy (non-hydrogen) atoms. The number of hydrogen-bond donors (Lipinski definition) is 0. The van der Waals surface area contributed by atoms with Crippen molar-refractivity contribution in [2.24, 2.45) is 5.92 Å². The van der Waals surface area contributed by atoms with Crippen molar-refractivity contribution in [1.29, 1.82) is 0 Å². The van der Waals surface area contributed by atoms with Crippen LogP contribution < -0.4 is 0 Å². The molecule has 2 fully saturated rings. The third-order valence-corrected chi connectivity index (χ3v) is 6.08. The van der Waals surface area contributed by atoms with Crippen LogP contribution in [-0.4, -0.2) is 43.4 Å². The van der Waals surface area contributed by atoms with Crippen molar-refractivity contribution in [2.75, 3.05) is 26.3 Å². The molecule has 0 spiro atoms. The van der Waals surface area contributed by atoms with E-state index in [0.29, 0.717) is 12.2 Å². The van der Waals surface area contributed by atoms with Crippen LogP contribution >= 0.6 is 11.3 Å². The average Bonchev–Trinajstić information content (AvgIpc) is 3.23. The second-order valence-corrected chi connectivity index (χ2v) is 8.15. The Hall–Kier alpha value is -0.420. The van der Waals surface area contributed by atoms with Gasteiger partial charge in [0, 0.05) is 31.1 Å². The smallest absolute Gasteiger partial charge is 0.0703 e. The molecule has 0 unspecified atom stereocenters. The summed E-state index contributed by atoms with van der Waals surface area (Å²) in [7, 11) is 0. The van der Waals surface area contributed by atoms with Gasteiger partial charge in [-0.25, -0.2) is 0 Å². The van der Waals surface area contributed by atoms with Crippen LogP contribution in [-0.2, 0) is 16.0 Å². The standard InChI is InChI=1S/C19H31NO2S/c1-16-6-2-3-9-19(16)22-12-10-20(14-17-7-4-11-21-17)15-18-8-5-13-23-18/h5,8,13,16-17,19H,2-4,6-7,9-12,14-15H2,1H3/t16-,17+,19-/m1/s1. The molecule has 1 aromatic heterocycles. The maximum atomic E-state index is 6.23. The van der Waals surface area contributed by atoms with Crippen LogP contribution in [0.25, 0.3) is 0 Å². The monoisotopic (exact) mass is 337 g/mol. The van der Waals surface area contributed by atoms with E-state index in [1.165, 1.54) is 43.4 Å². The predicted molar refractivity (Wildman–Crippen MR) is 95.9 cm³/mol. The molecule has 130 valence electrons. The van der Waals surface area contributed by atoms with Crippen molar-refractivity contribution in [3.8, 4) is 0 Å². The highest BCUT2D eigenvalue weighted by molar-refractivity contribution is 7.09. The second kappa shape index (κ2) is 9.16. The molecule has 1 saturated carbocycles. The fourth-order valence-electron chi connectivity index (χ4n) is 3.80. The van der Waals surface area contributed by atoms with Crippen molar-refractivity contribution < 1.29 is 9.47 Å². The van der Waals surface area contributed by atoms with Crippen LogP contribution in [0.15, 0.2) is 17.5 Å². The van der Waals surface area contributed by atoms with Crippen molar-refractivity contribution >= 4 is 11.3 Å². The number of ether oxygens (including phenoxy) is 2. The Morgan fingerprint density at radius 2 is 2.17 bits per heavy atom. The lowest BCUT2D eigenvalue weighted by molar-refractivity contribution is -0.0196. The van der Waals surface area contributed by atoms with Gasteiger partial charge in [-0.15, -0.1) is 11.3 Å². The molecule has 0 bridgehead atoms. The van der Waals surface area contributed by atoms with Gasteiger partial charge in [0.2, 0.25) is 0 Å². The molecule has 3 atom stereocenters. The Balaban J connectivity index is 1.46. The zero-order valence-electron chi connectivity index (χ0n) is 14.4. The lowest BCUT2D eigenvalue weighted by atomic mass is 9.88. The molecule has 1 saturated heterocycles. The quantitative estimate of drug-likeness (QED) is 0.705. The highest BCUT2D eigenvalue weighted by Crippen LogP contribution is 2.26. The van der Waals surface area contributed by atoms with Gasteiger partial charge in [0.1, 0.15) is 0 Å². The highest BCUT2D eigenvalue weighted by atomic mass is 32.1. The van der Waals surface area contributed by atoms with E-state index in [9.17, 15) is 0 Å². The summed E-state index contributed by atoms with van der Waals surface area (Å²) in [5, 5.41) is 2.17. The summed E-state index contributed by atoms with van der Waals surface area (Å²) in [6.45, 7) is 7.23. The molecule has 0 amide bonds. The molecule has 1 aliphatic carbocycles. The first-order valence-corrected chi connectivity index (χ1v) is 10.2. The van der Waals surface area contributed by atoms with Crippen LogP contribution in [0.3, 0.4) is 0 Å². The lowest BCUT2D eigenvalue weighted by Crippen LogP contribution is -2.36. The second-order valence-electron chi connectivity index (χ2n) is 7.12. The van der Waals surface area contributed by atoms with E-state index in [-0.39, 0.29) is 0 Å². The molecule has 1 aliphatic heterocycles. The minimum atomic E-state index is 0.420. The average molecular weight is 338 g/mol. The zero-order chi connectivity index (χ0) is 15.9. The van der Waals surface area contributed by atoms with Crippen LogP contribution in [0.5, 0.6) is 0 Å². The first-order chi connectivity index (χ1) is 11.3. The molecule has 3 rings (SSSR count). The minimum Gasteiger partial charge on any atom is -0.377 e. The summed E-state index contributed by atoms with van der Waals surface area (Å²) in [5.74, 6) is 0.729. The Morgan fingerprint density at radius 1 is 1.26 bits per heavy atom. The maximum absolute atomic E-state index is 6.23. The van der Waals surface area contributed by atoms with Gasteiger partial charge in [0.15, 0.2) is 0 Å². The van der Waals surface area contributed by atoms with Gasteiger partial charge in [-0.05, 0) is 43.0 Å². The van der Waals surface area contributed by atoms with E-state index >= 15 is 0 Å². The summed E-state index contributed by atoms with van der Waals surface area (Å²) in [6, 6.07) is 4.38. The van der Waals surface area contributed by atoms with Gasteiger partial charge in [0.05, 0.1) is 18.8 Å². The summed E-state index contributed by atoms with van der Waals surface area (Å²) in [6.07, 6.45) is 8.62. The Morgan fingerprint density at radius 3 is 2.91 bits per heavy atom. The fraction of sp³-hybridized carbons (Fsp3) is 0.789. The van der Waals surface area contributed by atoms with E-state index in [0.717, 1.165) is 38.8 Å². The first-order valence-electron chi connectivity index (χ1n) is 9.29. The van der Waals surface area contributed by atoms with Crippen LogP contribution in [0.2, 0.25) is 0 Å². The SMILES string of the molecule is C[C@@H]1CCCC[C@H]1OCCN(Cc1cccs1)C[C@@H]1CCCO1. The van der Waals surface area contributed by atoms with Crippen molar-refractivity contribution in [3.05, 3.63) is 22.4 Å². The molecule has 0 aromatic carbocycles. The van der Waals surface area contributed by atoms with E-state index in [4.69, 9.17) is 9.47 Å². The van der Waals surface area contributed by atoms with E-state index in [1.54, 1.807) is 0 Å². The van der Waals surface area contributed by atoms with Gasteiger partial charge < -0.3 is 9.47 Å². The summed E-state index contributed by atoms with van der Waals surface area (Å²) >= 11 is 1.85. The normalized spacial score (nSPS) is 28.5. The van der Waals surface area contributed by atoms with Crippen molar-refractivity contribution in [2.45, 2.75) is 64.2 Å². The topological polar surface area (TPSA) is 21.7 Å². The first kappa shape index (κ1) is 17.4. The molecule has 2 heterocycles. The Kier molecular flexibility index (Phi) is 6.94. The predicted octanol–water partition coefficient (Wildman–Crippen LogP) is 4.32. The Labute approximate surface area is 145 Å². The molecule has 1 aromatic rings. The molecule has 0 radical (unpaired) electrons. The number of nitrogens with zero attached hydrogens (tertiary/aromatic N) is 1. The van der Waals surface area contributed by atoms with Crippen LogP contribution in [0.4, 0.5) is 0 Å². The molecular formula is C19H31NO2S. The molecule has 0 N–H and O–H groups in total. The third-order valence-electron chi connectivity index (χ3n) is 5.22. The van der Waals surface area contributed by atoms with Gasteiger partial charge in [-0.1, -0.05) is 25.8 Å². The third kappa shape index (κ3) is 5.56. The van der Waals surface area contributed by atoms with E-state index in [1.807, 2.05) is 11.3 Å². The largest absolute Gasteiger partial charge is 0.377 e. The Bertz CT molecular complexity index is 431. The molecular weight excluding hydrogens is 306 g/mol. The van der Waals surface area contributed by atoms with Gasteiger partial charge in [-0.2, -0.15) is 0 Å². The summed E-state index contributed by atoms with van der Waals surface area (Å²) < 4.78 is 12.1. The zero-order valence-corrected chi connectivity index (χ0v) is 15.2. The van der Waals surface area contributed by atoms with E-state index < -0.39 is 0 Å². The van der Waals surface area contributed by atoms with Crippen LogP contribution in [0.1, 0.15) is 50.3 Å². The van der Waals surface area contributed by atoms with Gasteiger partial charge >= 0.3 is 0 Å². The molecule has 2 aliphatic rings. The van der Waals surface area contributed by atoms with Crippen LogP contribution in [0, 0.1) is 5.92 Å². The van der Waals surface area contributed by atoms with Gasteiger partial charge in [0.25, 0.3) is 0 Å². The fourth-order valence-corrected chi connectivity index (χ4v) is 4.54. The van der Waals surface area contributed by atoms with Gasteiger partial charge in [-0.3, -0.25) is 4.90 Å². The van der Waals surface area contributed by atoms with Crippen molar-refractivity contribution in [1.82, 2.24) is 4.90 Å². The summed E-state index contributed by atoms with van der Waals surface area (Å²) in [5.41, 5.74) is 0. The lowest BCUT2D eigenvalue weighted by Gasteiger charge is -2.30. The minimum absolute atomic E-state index is 0.420. The number of thiophene rings is 1. The highest BCUT2D eigenvalue weighted by Gasteiger charge is 2.23. The number of hydrogen-bond acceptors (Lipinski definition) is 4. The number of rotatable bonds is 8.